The van der Waals surface area contributed by atoms with E-state index in [-0.39, 0.29) is 29.8 Å². The quantitative estimate of drug-likeness (QED) is 0.554. The number of ether oxygens (including phenoxy) is 3. The van der Waals surface area contributed by atoms with Crippen LogP contribution in [0.1, 0.15) is 12.5 Å². The highest BCUT2D eigenvalue weighted by atomic mass is 32.2. The SMILES string of the molecule is COc1cc(COC(=O)C(C)SCC(=O)Nc2ccc(F)cc2)ccc1OC(F)F. The monoisotopic (exact) mass is 443 g/mol. The normalized spacial score (nSPS) is 11.7. The van der Waals surface area contributed by atoms with E-state index in [2.05, 4.69) is 10.1 Å². The van der Waals surface area contributed by atoms with Gasteiger partial charge in [-0.3, -0.25) is 9.59 Å². The second-order valence-electron chi connectivity index (χ2n) is 5.98. The molecule has 0 saturated heterocycles. The zero-order valence-electron chi connectivity index (χ0n) is 16.2. The Morgan fingerprint density at radius 2 is 1.80 bits per heavy atom. The molecule has 0 aliphatic heterocycles. The van der Waals surface area contributed by atoms with Crippen molar-refractivity contribution in [1.29, 1.82) is 0 Å². The Balaban J connectivity index is 1.79. The van der Waals surface area contributed by atoms with Crippen LogP contribution >= 0.6 is 11.8 Å². The molecule has 1 N–H and O–H groups in total. The average Bonchev–Trinajstić information content (AvgIpc) is 2.72. The highest BCUT2D eigenvalue weighted by Crippen LogP contribution is 2.29. The molecule has 1 amide bonds. The van der Waals surface area contributed by atoms with E-state index in [0.29, 0.717) is 11.3 Å². The van der Waals surface area contributed by atoms with E-state index in [1.165, 1.54) is 49.6 Å². The molecule has 0 bridgehead atoms. The molecule has 0 aliphatic carbocycles. The summed E-state index contributed by atoms with van der Waals surface area (Å²) in [6.07, 6.45) is 0. The molecule has 0 radical (unpaired) electrons. The number of hydrogen-bond donors (Lipinski definition) is 1. The minimum atomic E-state index is -2.99. The number of halogens is 3. The minimum absolute atomic E-state index is 0.00112. The Morgan fingerprint density at radius 1 is 1.10 bits per heavy atom. The molecule has 2 aromatic rings. The lowest BCUT2D eigenvalue weighted by molar-refractivity contribution is -0.143. The summed E-state index contributed by atoms with van der Waals surface area (Å²) in [4.78, 5) is 24.0. The van der Waals surface area contributed by atoms with Gasteiger partial charge in [0.1, 0.15) is 17.7 Å². The number of nitrogens with one attached hydrogen (secondary N) is 1. The van der Waals surface area contributed by atoms with Crippen LogP contribution in [0.15, 0.2) is 42.5 Å². The molecule has 0 aromatic heterocycles. The number of esters is 1. The summed E-state index contributed by atoms with van der Waals surface area (Å²) < 4.78 is 52.1. The van der Waals surface area contributed by atoms with E-state index in [1.54, 1.807) is 6.92 Å². The fourth-order valence-corrected chi connectivity index (χ4v) is 2.94. The van der Waals surface area contributed by atoms with Crippen LogP contribution in [0, 0.1) is 5.82 Å². The third kappa shape index (κ3) is 7.51. The second kappa shape index (κ2) is 11.3. The van der Waals surface area contributed by atoms with Crippen LogP contribution in [0.4, 0.5) is 18.9 Å². The molecule has 0 aliphatic rings. The van der Waals surface area contributed by atoms with Crippen LogP contribution in [-0.2, 0) is 20.9 Å². The molecule has 1 atom stereocenters. The number of anilines is 1. The summed E-state index contributed by atoms with van der Waals surface area (Å²) in [7, 11) is 1.30. The second-order valence-corrected chi connectivity index (χ2v) is 7.31. The highest BCUT2D eigenvalue weighted by Gasteiger charge is 2.18. The molecule has 0 fully saturated rings. The van der Waals surface area contributed by atoms with Crippen molar-refractivity contribution in [3.8, 4) is 11.5 Å². The number of methoxy groups -OCH3 is 1. The van der Waals surface area contributed by atoms with Gasteiger partial charge in [0.05, 0.1) is 12.9 Å². The van der Waals surface area contributed by atoms with Gasteiger partial charge in [0, 0.05) is 5.69 Å². The van der Waals surface area contributed by atoms with Crippen molar-refractivity contribution >= 4 is 29.3 Å². The number of carbonyl (C=O) groups excluding carboxylic acids is 2. The van der Waals surface area contributed by atoms with Crippen molar-refractivity contribution < 1.29 is 37.0 Å². The van der Waals surface area contributed by atoms with Crippen LogP contribution in [0.2, 0.25) is 0 Å². The Labute approximate surface area is 175 Å². The van der Waals surface area contributed by atoms with Gasteiger partial charge in [-0.15, -0.1) is 11.8 Å². The average molecular weight is 443 g/mol. The van der Waals surface area contributed by atoms with Crippen LogP contribution in [0.3, 0.4) is 0 Å². The van der Waals surface area contributed by atoms with Crippen molar-refractivity contribution in [2.24, 2.45) is 0 Å². The zero-order chi connectivity index (χ0) is 22.1. The van der Waals surface area contributed by atoms with Gasteiger partial charge in [-0.2, -0.15) is 8.78 Å². The van der Waals surface area contributed by atoms with Gasteiger partial charge in [-0.25, -0.2) is 4.39 Å². The highest BCUT2D eigenvalue weighted by molar-refractivity contribution is 8.01. The molecule has 1 unspecified atom stereocenters. The first-order valence-electron chi connectivity index (χ1n) is 8.74. The van der Waals surface area contributed by atoms with Crippen molar-refractivity contribution in [1.82, 2.24) is 0 Å². The standard InChI is InChI=1S/C20H20F3NO5S/c1-12(30-11-18(25)24-15-6-4-14(21)5-7-15)19(26)28-10-13-3-8-16(29-20(22)23)17(9-13)27-2/h3-9,12,20H,10-11H2,1-2H3,(H,24,25). The predicted molar refractivity (Wildman–Crippen MR) is 106 cm³/mol. The summed E-state index contributed by atoms with van der Waals surface area (Å²) in [5.74, 6) is -1.33. The summed E-state index contributed by atoms with van der Waals surface area (Å²) in [5, 5.41) is 1.98. The van der Waals surface area contributed by atoms with E-state index >= 15 is 0 Å². The molecule has 2 rings (SSSR count). The maximum Gasteiger partial charge on any atom is 0.387 e. The molecule has 0 heterocycles. The molecule has 0 spiro atoms. The van der Waals surface area contributed by atoms with Crippen LogP contribution < -0.4 is 14.8 Å². The summed E-state index contributed by atoms with van der Waals surface area (Å²) in [6.45, 7) is -1.49. The Morgan fingerprint density at radius 3 is 2.43 bits per heavy atom. The van der Waals surface area contributed by atoms with Gasteiger partial charge < -0.3 is 19.5 Å². The summed E-state index contributed by atoms with van der Waals surface area (Å²) in [5.41, 5.74) is 0.971. The number of benzene rings is 2. The number of hydrogen-bond acceptors (Lipinski definition) is 6. The van der Waals surface area contributed by atoms with Crippen molar-refractivity contribution in [3.63, 3.8) is 0 Å². The lowest BCUT2D eigenvalue weighted by Gasteiger charge is -2.13. The largest absolute Gasteiger partial charge is 0.493 e. The van der Waals surface area contributed by atoms with E-state index in [9.17, 15) is 22.8 Å². The van der Waals surface area contributed by atoms with Crippen molar-refractivity contribution in [2.75, 3.05) is 18.2 Å². The maximum absolute atomic E-state index is 12.9. The van der Waals surface area contributed by atoms with Crippen molar-refractivity contribution in [2.45, 2.75) is 25.4 Å². The molecule has 6 nitrogen and oxygen atoms in total. The summed E-state index contributed by atoms with van der Waals surface area (Å²) >= 11 is 1.08. The lowest BCUT2D eigenvalue weighted by Crippen LogP contribution is -2.21. The fourth-order valence-electron chi connectivity index (χ4n) is 2.27. The predicted octanol–water partition coefficient (Wildman–Crippen LogP) is 4.24. The van der Waals surface area contributed by atoms with Crippen LogP contribution in [-0.4, -0.2) is 36.6 Å². The van der Waals surface area contributed by atoms with E-state index < -0.39 is 23.6 Å². The topological polar surface area (TPSA) is 73.9 Å². The molecule has 30 heavy (non-hydrogen) atoms. The van der Waals surface area contributed by atoms with Crippen molar-refractivity contribution in [3.05, 3.63) is 53.8 Å². The molecule has 0 saturated carbocycles. The van der Waals surface area contributed by atoms with Crippen LogP contribution in [0.5, 0.6) is 11.5 Å². The van der Waals surface area contributed by atoms with E-state index in [4.69, 9.17) is 9.47 Å². The van der Waals surface area contributed by atoms with Gasteiger partial charge in [-0.05, 0) is 48.9 Å². The Hall–Kier alpha value is -2.88. The first kappa shape index (κ1) is 23.4. The first-order chi connectivity index (χ1) is 14.3. The number of alkyl halides is 2. The Bertz CT molecular complexity index is 864. The summed E-state index contributed by atoms with van der Waals surface area (Å²) in [6, 6.07) is 9.52. The number of amides is 1. The molecule has 10 heteroatoms. The molecular formula is C20H20F3NO5S. The van der Waals surface area contributed by atoms with E-state index in [0.717, 1.165) is 11.8 Å². The van der Waals surface area contributed by atoms with Gasteiger partial charge in [-0.1, -0.05) is 6.07 Å². The first-order valence-corrected chi connectivity index (χ1v) is 9.78. The zero-order valence-corrected chi connectivity index (χ0v) is 17.0. The molecular weight excluding hydrogens is 423 g/mol. The Kier molecular flexibility index (Phi) is 8.85. The number of rotatable bonds is 10. The number of thioether (sulfide) groups is 1. The molecule has 2 aromatic carbocycles. The fraction of sp³-hybridized carbons (Fsp3) is 0.300. The minimum Gasteiger partial charge on any atom is -0.493 e. The third-order valence-corrected chi connectivity index (χ3v) is 4.87. The number of carbonyl (C=O) groups is 2. The van der Waals surface area contributed by atoms with Gasteiger partial charge in [0.25, 0.3) is 0 Å². The van der Waals surface area contributed by atoms with Gasteiger partial charge in [0.2, 0.25) is 5.91 Å². The maximum atomic E-state index is 12.9. The molecule has 162 valence electrons. The van der Waals surface area contributed by atoms with Gasteiger partial charge >= 0.3 is 12.6 Å². The van der Waals surface area contributed by atoms with Gasteiger partial charge in [0.15, 0.2) is 11.5 Å². The van der Waals surface area contributed by atoms with E-state index in [1.807, 2.05) is 0 Å². The third-order valence-electron chi connectivity index (χ3n) is 3.75. The lowest BCUT2D eigenvalue weighted by atomic mass is 10.2. The smallest absolute Gasteiger partial charge is 0.387 e. The van der Waals surface area contributed by atoms with Crippen LogP contribution in [0.25, 0.3) is 0 Å².